The summed E-state index contributed by atoms with van der Waals surface area (Å²) in [6.07, 6.45) is 1.46. The molecule has 2 rings (SSSR count). The highest BCUT2D eigenvalue weighted by atomic mass is 28.3. The second-order valence-corrected chi connectivity index (χ2v) is 12.2. The number of benzene rings is 1. The van der Waals surface area contributed by atoms with Gasteiger partial charge >= 0.3 is 0 Å². The summed E-state index contributed by atoms with van der Waals surface area (Å²) >= 11 is 0. The van der Waals surface area contributed by atoms with E-state index in [9.17, 15) is 4.79 Å². The maximum absolute atomic E-state index is 13.1. The van der Waals surface area contributed by atoms with Gasteiger partial charge in [0.15, 0.2) is 5.78 Å². The average Bonchev–Trinajstić information content (AvgIpc) is 2.54. The van der Waals surface area contributed by atoms with Gasteiger partial charge in [-0.2, -0.15) is 0 Å². The van der Waals surface area contributed by atoms with Crippen LogP contribution in [0.1, 0.15) is 37.0 Å². The molecule has 0 unspecified atom stereocenters. The third kappa shape index (κ3) is 4.27. The fourth-order valence-electron chi connectivity index (χ4n) is 2.64. The molecule has 24 heavy (non-hydrogen) atoms. The van der Waals surface area contributed by atoms with Crippen LogP contribution in [-0.4, -0.2) is 21.0 Å². The molecule has 0 atom stereocenters. The van der Waals surface area contributed by atoms with Crippen molar-refractivity contribution in [2.45, 2.75) is 46.3 Å². The zero-order valence-electron chi connectivity index (χ0n) is 15.5. The Morgan fingerprint density at radius 2 is 1.71 bits per heavy atom. The Kier molecular flexibility index (Phi) is 5.51. The Labute approximate surface area is 146 Å². The smallest absolute Gasteiger partial charge is 0.193 e. The molecule has 126 valence electrons. The molecule has 1 aliphatic rings. The van der Waals surface area contributed by atoms with Gasteiger partial charge in [-0.15, -0.1) is 5.54 Å². The fourth-order valence-corrected chi connectivity index (χ4v) is 3.17. The van der Waals surface area contributed by atoms with Crippen LogP contribution in [0.4, 0.5) is 0 Å². The quantitative estimate of drug-likeness (QED) is 0.328. The third-order valence-electron chi connectivity index (χ3n) is 4.19. The number of carbonyl (C=O) groups excluding carboxylic acids is 1. The van der Waals surface area contributed by atoms with E-state index in [0.29, 0.717) is 17.7 Å². The molecule has 0 saturated carbocycles. The SMILES string of the molecule is COc1ccccc1C(=O)C1=C(C#C[Si](C)(C)C)CC(C)=C(C)C1. The molecule has 0 aromatic heterocycles. The summed E-state index contributed by atoms with van der Waals surface area (Å²) in [7, 11) is 0.111. The second kappa shape index (κ2) is 7.23. The summed E-state index contributed by atoms with van der Waals surface area (Å²) in [5.41, 5.74) is 8.44. The van der Waals surface area contributed by atoms with Crippen LogP contribution in [0, 0.1) is 11.5 Å². The minimum absolute atomic E-state index is 0.0409. The molecule has 1 aromatic carbocycles. The highest BCUT2D eigenvalue weighted by molar-refractivity contribution is 6.83. The van der Waals surface area contributed by atoms with Crippen LogP contribution in [0.2, 0.25) is 19.6 Å². The summed E-state index contributed by atoms with van der Waals surface area (Å²) in [5.74, 6) is 4.01. The van der Waals surface area contributed by atoms with E-state index in [2.05, 4.69) is 45.0 Å². The van der Waals surface area contributed by atoms with E-state index in [1.807, 2.05) is 24.3 Å². The Bertz CT molecular complexity index is 780. The van der Waals surface area contributed by atoms with Gasteiger partial charge in [-0.3, -0.25) is 4.79 Å². The zero-order valence-corrected chi connectivity index (χ0v) is 16.5. The minimum atomic E-state index is -1.49. The fraction of sp³-hybridized carbons (Fsp3) is 0.381. The highest BCUT2D eigenvalue weighted by Gasteiger charge is 2.24. The van der Waals surface area contributed by atoms with Gasteiger partial charge in [-0.05, 0) is 32.4 Å². The summed E-state index contributed by atoms with van der Waals surface area (Å²) in [6, 6.07) is 7.42. The molecule has 0 saturated heterocycles. The van der Waals surface area contributed by atoms with Crippen molar-refractivity contribution in [3.63, 3.8) is 0 Å². The van der Waals surface area contributed by atoms with E-state index in [1.165, 1.54) is 11.1 Å². The standard InChI is InChI=1S/C21H26O2Si/c1-15-13-17(11-12-24(4,5)6)19(14-16(15)2)21(22)18-9-7-8-10-20(18)23-3/h7-10H,13-14H2,1-6H3. The van der Waals surface area contributed by atoms with Crippen molar-refractivity contribution in [2.24, 2.45) is 0 Å². The molecule has 0 amide bonds. The average molecular weight is 339 g/mol. The Hall–Kier alpha value is -2.05. The highest BCUT2D eigenvalue weighted by Crippen LogP contribution is 2.33. The molecule has 0 spiro atoms. The summed E-state index contributed by atoms with van der Waals surface area (Å²) in [4.78, 5) is 13.1. The number of ether oxygens (including phenoxy) is 1. The van der Waals surface area contributed by atoms with E-state index in [0.717, 1.165) is 17.6 Å². The monoisotopic (exact) mass is 338 g/mol. The van der Waals surface area contributed by atoms with Crippen molar-refractivity contribution < 1.29 is 9.53 Å². The van der Waals surface area contributed by atoms with Gasteiger partial charge in [-0.1, -0.05) is 48.8 Å². The lowest BCUT2D eigenvalue weighted by Crippen LogP contribution is -2.17. The predicted molar refractivity (Wildman–Crippen MR) is 103 cm³/mol. The molecule has 0 heterocycles. The molecule has 0 radical (unpaired) electrons. The topological polar surface area (TPSA) is 26.3 Å². The van der Waals surface area contributed by atoms with Crippen molar-refractivity contribution in [3.8, 4) is 17.2 Å². The normalized spacial score (nSPS) is 15.1. The number of hydrogen-bond acceptors (Lipinski definition) is 2. The molecule has 0 aliphatic heterocycles. The second-order valence-electron chi connectivity index (χ2n) is 7.40. The van der Waals surface area contributed by atoms with E-state index in [4.69, 9.17) is 4.74 Å². The van der Waals surface area contributed by atoms with Crippen molar-refractivity contribution >= 4 is 13.9 Å². The van der Waals surface area contributed by atoms with E-state index < -0.39 is 8.07 Å². The first-order valence-electron chi connectivity index (χ1n) is 8.31. The molecule has 0 N–H and O–H groups in total. The van der Waals surface area contributed by atoms with E-state index in [-0.39, 0.29) is 5.78 Å². The Morgan fingerprint density at radius 1 is 1.08 bits per heavy atom. The summed E-state index contributed by atoms with van der Waals surface area (Å²) in [6.45, 7) is 10.9. The van der Waals surface area contributed by atoms with Gasteiger partial charge in [0, 0.05) is 17.6 Å². The molecule has 0 fully saturated rings. The van der Waals surface area contributed by atoms with Crippen molar-refractivity contribution in [2.75, 3.05) is 7.11 Å². The predicted octanol–water partition coefficient (Wildman–Crippen LogP) is 5.19. The lowest BCUT2D eigenvalue weighted by atomic mass is 9.84. The first kappa shape index (κ1) is 18.3. The number of Topliss-reactive ketones (excluding diaryl/α,β-unsaturated/α-hetero) is 1. The van der Waals surface area contributed by atoms with Crippen molar-refractivity contribution in [3.05, 3.63) is 52.1 Å². The van der Waals surface area contributed by atoms with Crippen LogP contribution in [0.15, 0.2) is 46.6 Å². The largest absolute Gasteiger partial charge is 0.496 e. The molecule has 3 heteroatoms. The lowest BCUT2D eigenvalue weighted by Gasteiger charge is -2.20. The van der Waals surface area contributed by atoms with E-state index in [1.54, 1.807) is 7.11 Å². The number of methoxy groups -OCH3 is 1. The van der Waals surface area contributed by atoms with E-state index >= 15 is 0 Å². The van der Waals surface area contributed by atoms with Crippen LogP contribution in [0.5, 0.6) is 5.75 Å². The number of hydrogen-bond donors (Lipinski definition) is 0. The molecule has 1 aromatic rings. The summed E-state index contributed by atoms with van der Waals surface area (Å²) in [5, 5.41) is 0. The molecule has 0 bridgehead atoms. The first-order valence-corrected chi connectivity index (χ1v) is 11.8. The maximum Gasteiger partial charge on any atom is 0.193 e. The number of ketones is 1. The van der Waals surface area contributed by atoms with Gasteiger partial charge < -0.3 is 4.74 Å². The number of allylic oxidation sites excluding steroid dienone is 4. The van der Waals surface area contributed by atoms with Crippen molar-refractivity contribution in [1.29, 1.82) is 0 Å². The van der Waals surface area contributed by atoms with Crippen LogP contribution in [0.25, 0.3) is 0 Å². The molecular formula is C21H26O2Si. The van der Waals surface area contributed by atoms with Gasteiger partial charge in [-0.25, -0.2) is 0 Å². The number of para-hydroxylation sites is 1. The van der Waals surface area contributed by atoms with Gasteiger partial charge in [0.25, 0.3) is 0 Å². The van der Waals surface area contributed by atoms with Gasteiger partial charge in [0.1, 0.15) is 13.8 Å². The van der Waals surface area contributed by atoms with Crippen LogP contribution in [0.3, 0.4) is 0 Å². The summed E-state index contributed by atoms with van der Waals surface area (Å²) < 4.78 is 5.37. The first-order chi connectivity index (χ1) is 11.2. The number of rotatable bonds is 3. The number of carbonyl (C=O) groups is 1. The van der Waals surface area contributed by atoms with Crippen LogP contribution < -0.4 is 4.74 Å². The van der Waals surface area contributed by atoms with Crippen LogP contribution in [-0.2, 0) is 0 Å². The lowest BCUT2D eigenvalue weighted by molar-refractivity contribution is 0.102. The Balaban J connectivity index is 2.51. The van der Waals surface area contributed by atoms with Crippen LogP contribution >= 0.6 is 0 Å². The zero-order chi connectivity index (χ0) is 17.9. The Morgan fingerprint density at radius 3 is 2.33 bits per heavy atom. The van der Waals surface area contributed by atoms with Gasteiger partial charge in [0.2, 0.25) is 0 Å². The molecular weight excluding hydrogens is 312 g/mol. The third-order valence-corrected chi connectivity index (χ3v) is 5.07. The van der Waals surface area contributed by atoms with Crippen molar-refractivity contribution in [1.82, 2.24) is 0 Å². The maximum atomic E-state index is 13.1. The van der Waals surface area contributed by atoms with Gasteiger partial charge in [0.05, 0.1) is 12.7 Å². The molecule has 1 aliphatic carbocycles. The minimum Gasteiger partial charge on any atom is -0.496 e. The molecule has 2 nitrogen and oxygen atoms in total.